The molecule has 1 aliphatic rings. The molecule has 2 rings (SSSR count). The summed E-state index contributed by atoms with van der Waals surface area (Å²) in [5, 5.41) is 10.2. The van der Waals surface area contributed by atoms with E-state index in [9.17, 15) is 18.9 Å². The maximum absolute atomic E-state index is 11.5. The number of hydrogen-bond acceptors (Lipinski definition) is 7. The maximum Gasteiger partial charge on any atom is 0.515 e. The number of hydrogen-bond donors (Lipinski definition) is 2. The lowest BCUT2D eigenvalue weighted by molar-refractivity contribution is -0.137. The van der Waals surface area contributed by atoms with Crippen LogP contribution in [0.2, 0.25) is 0 Å². The van der Waals surface area contributed by atoms with Gasteiger partial charge in [-0.05, 0) is 4.57 Å². The lowest BCUT2D eigenvalue weighted by Gasteiger charge is -2.10. The number of aromatic nitrogens is 3. The summed E-state index contributed by atoms with van der Waals surface area (Å²) in [7, 11) is -2.48. The Labute approximate surface area is 143 Å². The van der Waals surface area contributed by atoms with E-state index in [4.69, 9.17) is 9.63 Å². The topological polar surface area (TPSA) is 144 Å². The van der Waals surface area contributed by atoms with Crippen LogP contribution in [-0.2, 0) is 36.8 Å². The monoisotopic (exact) mass is 370 g/mol. The summed E-state index contributed by atoms with van der Waals surface area (Å²) in [6.45, 7) is 1.26. The van der Waals surface area contributed by atoms with Crippen LogP contribution in [0.15, 0.2) is 18.3 Å². The predicted octanol–water partition coefficient (Wildman–Crippen LogP) is -1.43. The van der Waals surface area contributed by atoms with Crippen molar-refractivity contribution in [3.05, 3.63) is 24.0 Å². The molecule has 2 heterocycles. The van der Waals surface area contributed by atoms with E-state index in [0.29, 0.717) is 18.8 Å². The van der Waals surface area contributed by atoms with Gasteiger partial charge in [0, 0.05) is 18.7 Å². The minimum absolute atomic E-state index is 0.0602. The molecule has 25 heavy (non-hydrogen) atoms. The van der Waals surface area contributed by atoms with E-state index in [1.807, 2.05) is 0 Å². The molecule has 2 N–H and O–H groups in total. The van der Waals surface area contributed by atoms with Crippen LogP contribution < -0.4 is 5.32 Å². The Morgan fingerprint density at radius 1 is 1.28 bits per heavy atom. The number of nitrogens with one attached hydrogen (secondary N) is 1. The van der Waals surface area contributed by atoms with Crippen LogP contribution >= 0.6 is 8.03 Å². The molecule has 12 heteroatoms. The average Bonchev–Trinajstić information content (AvgIpc) is 3.12. The first-order chi connectivity index (χ1) is 12.0. The van der Waals surface area contributed by atoms with E-state index in [0.717, 1.165) is 4.90 Å². The molecule has 1 aromatic rings. The molecule has 11 nitrogen and oxygen atoms in total. The van der Waals surface area contributed by atoms with Crippen LogP contribution in [0.4, 0.5) is 0 Å². The van der Waals surface area contributed by atoms with E-state index >= 15 is 0 Å². The second-order valence-electron chi connectivity index (χ2n) is 5.04. The van der Waals surface area contributed by atoms with Crippen molar-refractivity contribution in [1.29, 1.82) is 0 Å². The predicted molar refractivity (Wildman–Crippen MR) is 83.2 cm³/mol. The highest BCUT2D eigenvalue weighted by atomic mass is 31.1. The second-order valence-corrected chi connectivity index (χ2v) is 6.06. The molecule has 1 aromatic heterocycles. The Bertz CT molecular complexity index is 685. The maximum atomic E-state index is 11.5. The number of amides is 3. The zero-order valence-electron chi connectivity index (χ0n) is 13.2. The van der Waals surface area contributed by atoms with Gasteiger partial charge in [-0.2, -0.15) is 4.89 Å². The number of carbonyl (C=O) groups excluding carboxylic acids is 3. The van der Waals surface area contributed by atoms with Crippen molar-refractivity contribution in [3.63, 3.8) is 0 Å². The van der Waals surface area contributed by atoms with Gasteiger partial charge in [-0.3, -0.25) is 19.3 Å². The van der Waals surface area contributed by atoms with Crippen molar-refractivity contribution in [2.24, 2.45) is 0 Å². The molecule has 3 amide bonds. The number of ether oxygens (including phenoxy) is 1. The summed E-state index contributed by atoms with van der Waals surface area (Å²) in [4.78, 5) is 43.7. The zero-order chi connectivity index (χ0) is 18.2. The van der Waals surface area contributed by atoms with Crippen LogP contribution in [-0.4, -0.2) is 68.4 Å². The third-order valence-electron chi connectivity index (χ3n) is 3.12. The normalized spacial score (nSPS) is 14.3. The third-order valence-corrected chi connectivity index (χ3v) is 3.68. The highest BCUT2D eigenvalue weighted by Crippen LogP contribution is 2.10. The zero-order valence-corrected chi connectivity index (χ0v) is 14.1. The molecule has 0 bridgehead atoms. The van der Waals surface area contributed by atoms with Crippen LogP contribution in [0.1, 0.15) is 5.69 Å². The molecule has 1 atom stereocenters. The summed E-state index contributed by atoms with van der Waals surface area (Å²) in [6.07, 6.45) is 3.60. The molecule has 0 spiro atoms. The van der Waals surface area contributed by atoms with Gasteiger partial charge in [0.05, 0.1) is 32.5 Å². The lowest BCUT2D eigenvalue weighted by atomic mass is 10.4. The lowest BCUT2D eigenvalue weighted by Crippen LogP contribution is -2.29. The van der Waals surface area contributed by atoms with Gasteiger partial charge in [0.15, 0.2) is 0 Å². The number of carbonyl (C=O) groups is 3. The molecular weight excluding hydrogens is 353 g/mol. The standard InChI is InChI=1S/C13H16N5O6P/c19-11(9-25(22)23)14-3-5-24-6-4-17-7-10(15-16-17)8-18-12(20)1-2-13(18)21/h1-2,7H,3-6,8-9H2,(H-,14,19,22,23)/p+1. The van der Waals surface area contributed by atoms with Crippen molar-refractivity contribution in [2.75, 3.05) is 25.9 Å². The van der Waals surface area contributed by atoms with Gasteiger partial charge >= 0.3 is 8.03 Å². The average molecular weight is 370 g/mol. The fourth-order valence-electron chi connectivity index (χ4n) is 1.97. The molecule has 0 aliphatic carbocycles. The highest BCUT2D eigenvalue weighted by Gasteiger charge is 2.24. The van der Waals surface area contributed by atoms with Gasteiger partial charge in [-0.15, -0.1) is 5.10 Å². The molecular formula is C13H17N5O6P+. The number of nitrogens with zero attached hydrogens (tertiary/aromatic N) is 4. The molecule has 0 fully saturated rings. The van der Waals surface area contributed by atoms with E-state index in [2.05, 4.69) is 15.6 Å². The van der Waals surface area contributed by atoms with Gasteiger partial charge in [-0.1, -0.05) is 5.21 Å². The smallest absolute Gasteiger partial charge is 0.378 e. The summed E-state index contributed by atoms with van der Waals surface area (Å²) in [5.41, 5.74) is 0.482. The van der Waals surface area contributed by atoms with Gasteiger partial charge < -0.3 is 10.1 Å². The van der Waals surface area contributed by atoms with E-state index in [-0.39, 0.29) is 31.5 Å². The first-order valence-electron chi connectivity index (χ1n) is 7.36. The van der Waals surface area contributed by atoms with Crippen molar-refractivity contribution in [1.82, 2.24) is 25.2 Å². The quantitative estimate of drug-likeness (QED) is 0.290. The first kappa shape index (κ1) is 18.8. The van der Waals surface area contributed by atoms with E-state index < -0.39 is 20.1 Å². The van der Waals surface area contributed by atoms with Crippen molar-refractivity contribution in [3.8, 4) is 0 Å². The molecule has 0 aromatic carbocycles. The molecule has 1 aliphatic heterocycles. The van der Waals surface area contributed by atoms with Gasteiger partial charge in [0.2, 0.25) is 0 Å². The Hall–Kier alpha value is -2.49. The molecule has 0 radical (unpaired) electrons. The van der Waals surface area contributed by atoms with Gasteiger partial charge in [0.25, 0.3) is 23.9 Å². The van der Waals surface area contributed by atoms with Crippen LogP contribution in [0.3, 0.4) is 0 Å². The minimum atomic E-state index is -2.48. The fourth-order valence-corrected chi connectivity index (χ4v) is 2.33. The number of imide groups is 1. The third kappa shape index (κ3) is 6.14. The fraction of sp³-hybridized carbons (Fsp3) is 0.462. The second kappa shape index (κ2) is 9.11. The molecule has 1 unspecified atom stereocenters. The van der Waals surface area contributed by atoms with Crippen molar-refractivity contribution < 1.29 is 28.6 Å². The van der Waals surface area contributed by atoms with Gasteiger partial charge in [0.1, 0.15) is 5.69 Å². The van der Waals surface area contributed by atoms with Crippen molar-refractivity contribution >= 4 is 25.7 Å². The Morgan fingerprint density at radius 2 is 2.00 bits per heavy atom. The van der Waals surface area contributed by atoms with Crippen LogP contribution in [0.5, 0.6) is 0 Å². The molecule has 0 saturated carbocycles. The van der Waals surface area contributed by atoms with Crippen LogP contribution in [0.25, 0.3) is 0 Å². The van der Waals surface area contributed by atoms with E-state index in [1.54, 1.807) is 6.20 Å². The Kier molecular flexibility index (Phi) is 6.87. The summed E-state index contributed by atoms with van der Waals surface area (Å²) < 4.78 is 17.3. The highest BCUT2D eigenvalue weighted by molar-refractivity contribution is 7.39. The largest absolute Gasteiger partial charge is 0.515 e. The summed E-state index contributed by atoms with van der Waals surface area (Å²) in [6, 6.07) is 0. The number of rotatable bonds is 10. The van der Waals surface area contributed by atoms with Crippen LogP contribution in [0, 0.1) is 0 Å². The minimum Gasteiger partial charge on any atom is -0.378 e. The Balaban J connectivity index is 1.62. The van der Waals surface area contributed by atoms with Crippen molar-refractivity contribution in [2.45, 2.75) is 13.1 Å². The summed E-state index contributed by atoms with van der Waals surface area (Å²) in [5.74, 6) is -1.26. The van der Waals surface area contributed by atoms with E-state index in [1.165, 1.54) is 16.8 Å². The summed E-state index contributed by atoms with van der Waals surface area (Å²) >= 11 is 0. The SMILES string of the molecule is O=C(C[P+](=O)O)NCCOCCn1cc(CN2C(=O)C=CC2=O)nn1. The van der Waals surface area contributed by atoms with Gasteiger partial charge in [-0.25, -0.2) is 4.68 Å². The molecule has 0 saturated heterocycles. The first-order valence-corrected chi connectivity index (χ1v) is 8.76. The molecule has 134 valence electrons. The Morgan fingerprint density at radius 3 is 2.68 bits per heavy atom.